The van der Waals surface area contributed by atoms with E-state index in [-0.39, 0.29) is 6.10 Å². The van der Waals surface area contributed by atoms with Gasteiger partial charge in [-0.2, -0.15) is 0 Å². The first-order valence-corrected chi connectivity index (χ1v) is 9.87. The van der Waals surface area contributed by atoms with Crippen LogP contribution in [0, 0.1) is 5.92 Å². The van der Waals surface area contributed by atoms with Gasteiger partial charge in [-0.1, -0.05) is 27.7 Å². The van der Waals surface area contributed by atoms with Crippen molar-refractivity contribution in [3.8, 4) is 0 Å². The van der Waals surface area contributed by atoms with Gasteiger partial charge in [-0.15, -0.1) is 0 Å². The lowest BCUT2D eigenvalue weighted by molar-refractivity contribution is -0.330. The zero-order chi connectivity index (χ0) is 20.8. The van der Waals surface area contributed by atoms with Crippen LogP contribution in [-0.2, 0) is 19.0 Å². The second-order valence-electron chi connectivity index (χ2n) is 7.27. The molecule has 1 heterocycles. The van der Waals surface area contributed by atoms with Crippen molar-refractivity contribution in [2.24, 2.45) is 5.92 Å². The Balaban J connectivity index is 3.14. The average molecular weight is 392 g/mol. The minimum Gasteiger partial charge on any atom is -0.480 e. The van der Waals surface area contributed by atoms with E-state index in [1.807, 2.05) is 13.8 Å². The molecule has 0 spiro atoms. The quantitative estimate of drug-likeness (QED) is 0.414. The van der Waals surface area contributed by atoms with E-state index in [1.54, 1.807) is 20.8 Å². The molecule has 0 aromatic heterocycles. The number of aliphatic hydroxyl groups excluding tert-OH is 2. The molecule has 0 radical (unpaired) electrons. The molecule has 27 heavy (non-hydrogen) atoms. The first-order chi connectivity index (χ1) is 12.6. The summed E-state index contributed by atoms with van der Waals surface area (Å²) >= 11 is 0. The van der Waals surface area contributed by atoms with Crippen LogP contribution in [0.3, 0.4) is 0 Å². The smallest absolute Gasteiger partial charge is 0.329 e. The molecule has 1 fully saturated rings. The van der Waals surface area contributed by atoms with Crippen LogP contribution in [0.1, 0.15) is 60.3 Å². The number of aliphatic carboxylic acids is 1. The Morgan fingerprint density at radius 1 is 1.11 bits per heavy atom. The predicted octanol–water partition coefficient (Wildman–Crippen LogP) is 1.30. The standard InChI is InChI=1S/C19H36O8/c1-6-12(7-2)26-18-16(23)15(22)14(19(24,8-3)9-4)17(27-18)11(5)25-10-13(20)21/h11-12,14-18,22-24H,6-10H2,1-5H3,(H,20,21). The molecule has 4 N–H and O–H groups in total. The third-order valence-corrected chi connectivity index (χ3v) is 5.66. The minimum atomic E-state index is -1.33. The highest BCUT2D eigenvalue weighted by Crippen LogP contribution is 2.40. The highest BCUT2D eigenvalue weighted by atomic mass is 16.7. The molecule has 0 saturated carbocycles. The Morgan fingerprint density at radius 2 is 1.67 bits per heavy atom. The maximum Gasteiger partial charge on any atom is 0.329 e. The summed E-state index contributed by atoms with van der Waals surface area (Å²) in [5.74, 6) is -1.98. The monoisotopic (exact) mass is 392 g/mol. The number of ether oxygens (including phenoxy) is 3. The maximum absolute atomic E-state index is 11.0. The maximum atomic E-state index is 11.0. The zero-order valence-corrected chi connectivity index (χ0v) is 17.0. The molecule has 0 bridgehead atoms. The van der Waals surface area contributed by atoms with Crippen molar-refractivity contribution in [2.75, 3.05) is 6.61 Å². The fourth-order valence-corrected chi connectivity index (χ4v) is 3.72. The molecule has 8 heteroatoms. The Morgan fingerprint density at radius 3 is 2.11 bits per heavy atom. The van der Waals surface area contributed by atoms with E-state index >= 15 is 0 Å². The van der Waals surface area contributed by atoms with Crippen molar-refractivity contribution in [1.82, 2.24) is 0 Å². The van der Waals surface area contributed by atoms with E-state index in [1.165, 1.54) is 0 Å². The first-order valence-electron chi connectivity index (χ1n) is 9.87. The van der Waals surface area contributed by atoms with Crippen molar-refractivity contribution >= 4 is 5.97 Å². The van der Waals surface area contributed by atoms with Gasteiger partial charge < -0.3 is 34.6 Å². The molecule has 160 valence electrons. The number of carboxylic acid groups (broad SMARTS) is 1. The zero-order valence-electron chi connectivity index (χ0n) is 17.0. The minimum absolute atomic E-state index is 0.152. The lowest BCUT2D eigenvalue weighted by Gasteiger charge is -2.50. The van der Waals surface area contributed by atoms with Gasteiger partial charge in [0.05, 0.1) is 30.0 Å². The Bertz CT molecular complexity index is 449. The lowest BCUT2D eigenvalue weighted by Crippen LogP contribution is -2.65. The van der Waals surface area contributed by atoms with Crippen LogP contribution >= 0.6 is 0 Å². The van der Waals surface area contributed by atoms with Crippen molar-refractivity contribution in [3.05, 3.63) is 0 Å². The van der Waals surface area contributed by atoms with Gasteiger partial charge in [0.1, 0.15) is 12.7 Å². The van der Waals surface area contributed by atoms with Gasteiger partial charge in [0.2, 0.25) is 0 Å². The molecule has 0 amide bonds. The fourth-order valence-electron chi connectivity index (χ4n) is 3.72. The number of hydrogen-bond acceptors (Lipinski definition) is 7. The van der Waals surface area contributed by atoms with Crippen LogP contribution in [0.25, 0.3) is 0 Å². The molecule has 6 atom stereocenters. The van der Waals surface area contributed by atoms with Crippen molar-refractivity contribution < 1.29 is 39.4 Å². The molecule has 0 aromatic rings. The summed E-state index contributed by atoms with van der Waals surface area (Å²) in [5, 5.41) is 41.3. The Hall–Kier alpha value is -0.770. The molecule has 0 aromatic carbocycles. The molecule has 1 rings (SSSR count). The summed E-state index contributed by atoms with van der Waals surface area (Å²) in [6, 6.07) is 0. The highest BCUT2D eigenvalue weighted by Gasteiger charge is 2.54. The molecule has 1 aliphatic rings. The van der Waals surface area contributed by atoms with Gasteiger partial charge in [-0.25, -0.2) is 4.79 Å². The molecule has 1 aliphatic heterocycles. The molecular formula is C19H36O8. The lowest BCUT2D eigenvalue weighted by atomic mass is 9.72. The highest BCUT2D eigenvalue weighted by molar-refractivity contribution is 5.68. The van der Waals surface area contributed by atoms with Crippen molar-refractivity contribution in [3.63, 3.8) is 0 Å². The van der Waals surface area contributed by atoms with Crippen LogP contribution in [0.4, 0.5) is 0 Å². The Labute approximate surface area is 161 Å². The predicted molar refractivity (Wildman–Crippen MR) is 98.2 cm³/mol. The van der Waals surface area contributed by atoms with E-state index < -0.39 is 54.8 Å². The number of aliphatic hydroxyl groups is 3. The van der Waals surface area contributed by atoms with Gasteiger partial charge in [-0.05, 0) is 32.6 Å². The Kier molecular flexibility index (Phi) is 9.61. The third kappa shape index (κ3) is 5.85. The number of rotatable bonds is 11. The summed E-state index contributed by atoms with van der Waals surface area (Å²) in [4.78, 5) is 10.9. The largest absolute Gasteiger partial charge is 0.480 e. The second kappa shape index (κ2) is 10.7. The summed E-state index contributed by atoms with van der Waals surface area (Å²) in [6.45, 7) is 8.58. The van der Waals surface area contributed by atoms with Crippen LogP contribution in [-0.4, -0.2) is 75.4 Å². The molecule has 8 nitrogen and oxygen atoms in total. The van der Waals surface area contributed by atoms with E-state index in [9.17, 15) is 20.1 Å². The topological polar surface area (TPSA) is 126 Å². The summed E-state index contributed by atoms with van der Waals surface area (Å²) in [6.07, 6.45) is -3.34. The van der Waals surface area contributed by atoms with E-state index in [0.717, 1.165) is 0 Å². The fraction of sp³-hybridized carbons (Fsp3) is 0.947. The van der Waals surface area contributed by atoms with Gasteiger partial charge in [0, 0.05) is 5.92 Å². The van der Waals surface area contributed by atoms with E-state index in [0.29, 0.717) is 25.7 Å². The molecule has 6 unspecified atom stereocenters. The number of carboxylic acids is 1. The van der Waals surface area contributed by atoms with Gasteiger partial charge >= 0.3 is 5.97 Å². The van der Waals surface area contributed by atoms with E-state index in [2.05, 4.69) is 0 Å². The van der Waals surface area contributed by atoms with Gasteiger partial charge in [0.15, 0.2) is 6.29 Å². The number of hydrogen-bond donors (Lipinski definition) is 4. The van der Waals surface area contributed by atoms with Crippen LogP contribution in [0.5, 0.6) is 0 Å². The molecule has 0 aliphatic carbocycles. The third-order valence-electron chi connectivity index (χ3n) is 5.66. The normalized spacial score (nSPS) is 30.5. The van der Waals surface area contributed by atoms with Gasteiger partial charge in [0.25, 0.3) is 0 Å². The van der Waals surface area contributed by atoms with E-state index in [4.69, 9.17) is 19.3 Å². The molecular weight excluding hydrogens is 356 g/mol. The average Bonchev–Trinajstić information content (AvgIpc) is 2.66. The van der Waals surface area contributed by atoms with Crippen molar-refractivity contribution in [2.45, 2.75) is 103 Å². The molecule has 1 saturated heterocycles. The summed E-state index contributed by atoms with van der Waals surface area (Å²) < 4.78 is 17.1. The second-order valence-corrected chi connectivity index (χ2v) is 7.27. The first kappa shape index (κ1) is 24.3. The summed E-state index contributed by atoms with van der Waals surface area (Å²) in [7, 11) is 0. The van der Waals surface area contributed by atoms with Crippen LogP contribution in [0.15, 0.2) is 0 Å². The number of carbonyl (C=O) groups is 1. The van der Waals surface area contributed by atoms with Crippen molar-refractivity contribution in [1.29, 1.82) is 0 Å². The van der Waals surface area contributed by atoms with Crippen LogP contribution < -0.4 is 0 Å². The summed E-state index contributed by atoms with van der Waals surface area (Å²) in [5.41, 5.74) is -1.30. The SMILES string of the molecule is CCC(CC)OC1OC(C(C)OCC(=O)O)C(C(O)(CC)CC)C(O)C1O. The van der Waals surface area contributed by atoms with Gasteiger partial charge in [-0.3, -0.25) is 0 Å². The van der Waals surface area contributed by atoms with Crippen LogP contribution in [0.2, 0.25) is 0 Å².